The van der Waals surface area contributed by atoms with Crippen molar-refractivity contribution in [3.63, 3.8) is 0 Å². The van der Waals surface area contributed by atoms with Gasteiger partial charge in [0.25, 0.3) is 0 Å². The van der Waals surface area contributed by atoms with Crippen LogP contribution >= 0.6 is 0 Å². The molecule has 0 aliphatic carbocycles. The van der Waals surface area contributed by atoms with E-state index in [9.17, 15) is 10.2 Å². The van der Waals surface area contributed by atoms with Crippen molar-refractivity contribution < 1.29 is 10.2 Å². The van der Waals surface area contributed by atoms with Gasteiger partial charge in [-0.25, -0.2) is 0 Å². The van der Waals surface area contributed by atoms with Crippen LogP contribution in [-0.4, -0.2) is 23.8 Å². The van der Waals surface area contributed by atoms with E-state index in [0.29, 0.717) is 6.42 Å². The first kappa shape index (κ1) is 14.0. The summed E-state index contributed by atoms with van der Waals surface area (Å²) in [4.78, 5) is 2.27. The SMILES string of the molecule is CN1CCCc2cc(C(O)Cc3cccc(O)c3)ccc21. The summed E-state index contributed by atoms with van der Waals surface area (Å²) in [6, 6.07) is 13.3. The highest BCUT2D eigenvalue weighted by Crippen LogP contribution is 2.30. The van der Waals surface area contributed by atoms with Gasteiger partial charge in [-0.05, 0) is 47.7 Å². The van der Waals surface area contributed by atoms with Crippen molar-refractivity contribution in [2.75, 3.05) is 18.5 Å². The molecule has 3 nitrogen and oxygen atoms in total. The van der Waals surface area contributed by atoms with Crippen LogP contribution in [0.1, 0.15) is 29.2 Å². The largest absolute Gasteiger partial charge is 0.508 e. The molecule has 0 aromatic heterocycles. The Morgan fingerprint density at radius 1 is 1.19 bits per heavy atom. The Labute approximate surface area is 125 Å². The lowest BCUT2D eigenvalue weighted by Crippen LogP contribution is -2.24. The monoisotopic (exact) mass is 283 g/mol. The normalized spacial score (nSPS) is 15.6. The van der Waals surface area contributed by atoms with Gasteiger partial charge in [0, 0.05) is 25.7 Å². The van der Waals surface area contributed by atoms with E-state index < -0.39 is 6.10 Å². The minimum absolute atomic E-state index is 0.242. The number of aromatic hydroxyl groups is 1. The molecule has 1 atom stereocenters. The van der Waals surface area contributed by atoms with Gasteiger partial charge in [0.2, 0.25) is 0 Å². The van der Waals surface area contributed by atoms with E-state index in [0.717, 1.165) is 30.5 Å². The molecule has 3 heteroatoms. The maximum absolute atomic E-state index is 10.4. The number of aliphatic hydroxyl groups is 1. The van der Waals surface area contributed by atoms with Crippen molar-refractivity contribution in [1.29, 1.82) is 0 Å². The molecule has 0 amide bonds. The molecule has 21 heavy (non-hydrogen) atoms. The van der Waals surface area contributed by atoms with Gasteiger partial charge in [0.1, 0.15) is 5.75 Å². The molecule has 0 radical (unpaired) electrons. The number of phenols is 1. The zero-order valence-electron chi connectivity index (χ0n) is 12.3. The topological polar surface area (TPSA) is 43.7 Å². The van der Waals surface area contributed by atoms with Crippen LogP contribution in [0.25, 0.3) is 0 Å². The summed E-state index contributed by atoms with van der Waals surface area (Å²) in [5, 5.41) is 19.9. The van der Waals surface area contributed by atoms with E-state index >= 15 is 0 Å². The standard InChI is InChI=1S/C18H21NO2/c1-19-9-3-5-14-12-15(7-8-17(14)19)18(21)11-13-4-2-6-16(20)10-13/h2,4,6-8,10,12,18,20-21H,3,5,9,11H2,1H3. The molecule has 2 aromatic carbocycles. The first-order valence-corrected chi connectivity index (χ1v) is 7.43. The average Bonchev–Trinajstić information content (AvgIpc) is 2.47. The second-order valence-electron chi connectivity index (χ2n) is 5.80. The average molecular weight is 283 g/mol. The van der Waals surface area contributed by atoms with E-state index in [1.807, 2.05) is 12.1 Å². The summed E-state index contributed by atoms with van der Waals surface area (Å²) in [5.41, 5.74) is 4.48. The summed E-state index contributed by atoms with van der Waals surface area (Å²) in [6.07, 6.45) is 2.22. The lowest BCUT2D eigenvalue weighted by Gasteiger charge is -2.28. The van der Waals surface area contributed by atoms with Gasteiger partial charge in [-0.2, -0.15) is 0 Å². The zero-order chi connectivity index (χ0) is 14.8. The van der Waals surface area contributed by atoms with Crippen molar-refractivity contribution in [3.8, 4) is 5.75 Å². The Hall–Kier alpha value is -2.00. The Balaban J connectivity index is 1.80. The fourth-order valence-corrected chi connectivity index (χ4v) is 3.04. The van der Waals surface area contributed by atoms with Crippen LogP contribution < -0.4 is 4.90 Å². The fraction of sp³-hybridized carbons (Fsp3) is 0.333. The Bertz CT molecular complexity index is 639. The van der Waals surface area contributed by atoms with Crippen molar-refractivity contribution in [2.24, 2.45) is 0 Å². The van der Waals surface area contributed by atoms with E-state index in [2.05, 4.69) is 24.1 Å². The summed E-state index contributed by atoms with van der Waals surface area (Å²) in [5.74, 6) is 0.242. The molecule has 0 saturated carbocycles. The lowest BCUT2D eigenvalue weighted by atomic mass is 9.95. The third-order valence-electron chi connectivity index (χ3n) is 4.18. The van der Waals surface area contributed by atoms with E-state index in [1.165, 1.54) is 11.3 Å². The lowest BCUT2D eigenvalue weighted by molar-refractivity contribution is 0.178. The van der Waals surface area contributed by atoms with E-state index in [1.54, 1.807) is 18.2 Å². The highest BCUT2D eigenvalue weighted by atomic mass is 16.3. The smallest absolute Gasteiger partial charge is 0.115 e. The van der Waals surface area contributed by atoms with Crippen LogP contribution in [0.3, 0.4) is 0 Å². The molecule has 0 bridgehead atoms. The van der Waals surface area contributed by atoms with Crippen LogP contribution in [0.15, 0.2) is 42.5 Å². The maximum atomic E-state index is 10.4. The number of hydrogen-bond acceptors (Lipinski definition) is 3. The molecule has 3 rings (SSSR count). The van der Waals surface area contributed by atoms with Crippen LogP contribution in [0.4, 0.5) is 5.69 Å². The number of aryl methyl sites for hydroxylation is 1. The number of anilines is 1. The summed E-state index contributed by atoms with van der Waals surface area (Å²) in [6.45, 7) is 1.10. The van der Waals surface area contributed by atoms with Crippen molar-refractivity contribution in [3.05, 3.63) is 59.2 Å². The van der Waals surface area contributed by atoms with Gasteiger partial charge in [-0.1, -0.05) is 24.3 Å². The number of fused-ring (bicyclic) bond motifs is 1. The summed E-state index contributed by atoms with van der Waals surface area (Å²) < 4.78 is 0. The molecular weight excluding hydrogens is 262 g/mol. The molecule has 1 heterocycles. The number of benzene rings is 2. The van der Waals surface area contributed by atoms with Crippen molar-refractivity contribution in [2.45, 2.75) is 25.4 Å². The molecule has 0 saturated heterocycles. The predicted octanol–water partition coefficient (Wildman–Crippen LogP) is 3.05. The minimum Gasteiger partial charge on any atom is -0.508 e. The van der Waals surface area contributed by atoms with Crippen molar-refractivity contribution >= 4 is 5.69 Å². The zero-order valence-corrected chi connectivity index (χ0v) is 12.3. The molecule has 2 N–H and O–H groups in total. The van der Waals surface area contributed by atoms with Crippen LogP contribution in [0.2, 0.25) is 0 Å². The summed E-state index contributed by atoms with van der Waals surface area (Å²) in [7, 11) is 2.11. The highest BCUT2D eigenvalue weighted by Gasteiger charge is 2.16. The van der Waals surface area contributed by atoms with Gasteiger partial charge < -0.3 is 15.1 Å². The maximum Gasteiger partial charge on any atom is 0.115 e. The molecular formula is C18H21NO2. The van der Waals surface area contributed by atoms with Crippen LogP contribution in [0, 0.1) is 0 Å². The first-order chi connectivity index (χ1) is 10.1. The minimum atomic E-state index is -0.538. The predicted molar refractivity (Wildman–Crippen MR) is 84.8 cm³/mol. The van der Waals surface area contributed by atoms with Crippen LogP contribution in [-0.2, 0) is 12.8 Å². The first-order valence-electron chi connectivity index (χ1n) is 7.43. The fourth-order valence-electron chi connectivity index (χ4n) is 3.04. The highest BCUT2D eigenvalue weighted by molar-refractivity contribution is 5.56. The third kappa shape index (κ3) is 3.03. The number of aliphatic hydroxyl groups excluding tert-OH is 1. The molecule has 2 aromatic rings. The number of rotatable bonds is 3. The number of nitrogens with zero attached hydrogens (tertiary/aromatic N) is 1. The molecule has 1 unspecified atom stereocenters. The van der Waals surface area contributed by atoms with Crippen LogP contribution in [0.5, 0.6) is 5.75 Å². The van der Waals surface area contributed by atoms with Gasteiger partial charge in [0.05, 0.1) is 6.10 Å². The quantitative estimate of drug-likeness (QED) is 0.910. The Morgan fingerprint density at radius 2 is 2.05 bits per heavy atom. The Morgan fingerprint density at radius 3 is 2.86 bits per heavy atom. The molecule has 1 aliphatic heterocycles. The summed E-state index contributed by atoms with van der Waals surface area (Å²) >= 11 is 0. The second kappa shape index (κ2) is 5.78. The molecule has 110 valence electrons. The van der Waals surface area contributed by atoms with E-state index in [-0.39, 0.29) is 5.75 Å². The van der Waals surface area contributed by atoms with Crippen molar-refractivity contribution in [1.82, 2.24) is 0 Å². The van der Waals surface area contributed by atoms with Gasteiger partial charge in [-0.15, -0.1) is 0 Å². The van der Waals surface area contributed by atoms with Gasteiger partial charge >= 0.3 is 0 Å². The number of phenolic OH excluding ortho intramolecular Hbond substituents is 1. The third-order valence-corrected chi connectivity index (χ3v) is 4.18. The second-order valence-corrected chi connectivity index (χ2v) is 5.80. The number of hydrogen-bond donors (Lipinski definition) is 2. The van der Waals surface area contributed by atoms with Gasteiger partial charge in [-0.3, -0.25) is 0 Å². The molecule has 1 aliphatic rings. The Kier molecular flexibility index (Phi) is 3.84. The van der Waals surface area contributed by atoms with E-state index in [4.69, 9.17) is 0 Å². The van der Waals surface area contributed by atoms with Gasteiger partial charge in [0.15, 0.2) is 0 Å². The molecule has 0 spiro atoms. The molecule has 0 fully saturated rings.